The van der Waals surface area contributed by atoms with Gasteiger partial charge in [0.2, 0.25) is 0 Å². The maximum Gasteiger partial charge on any atom is 0.254 e. The molecule has 1 N–H and O–H groups in total. The third kappa shape index (κ3) is 6.98. The van der Waals surface area contributed by atoms with Crippen LogP contribution in [0.4, 0.5) is 4.39 Å². The van der Waals surface area contributed by atoms with Crippen LogP contribution < -0.4 is 9.46 Å². The Labute approximate surface area is 211 Å². The predicted molar refractivity (Wildman–Crippen MR) is 135 cm³/mol. The molecule has 2 heterocycles. The molecule has 0 saturated carbocycles. The maximum atomic E-state index is 14.7. The molecule has 3 rings (SSSR count). The maximum absolute atomic E-state index is 14.7. The standard InChI is InChI=1S/C26H39FN2O5S/c1-8-13-32-21-14-17(2)20(27)15-19(21)23(28-35(31)25(3,4)5)18-9-11-29(12-10-18)24(30)22-16-33-26(6,7)34-22/h8,14-15,18,22-23,28H,1,9-13,16H2,2-7H3/t22-,23-,35+/m1/s1. The fraction of sp³-hybridized carbons (Fsp3) is 0.654. The highest BCUT2D eigenvalue weighted by Crippen LogP contribution is 2.39. The van der Waals surface area contributed by atoms with Gasteiger partial charge in [0.25, 0.3) is 5.91 Å². The summed E-state index contributed by atoms with van der Waals surface area (Å²) in [5.74, 6) is -0.608. The second kappa shape index (κ2) is 11.2. The number of likely N-dealkylation sites (tertiary alicyclic amines) is 1. The van der Waals surface area contributed by atoms with E-state index in [1.807, 2.05) is 20.8 Å². The number of halogens is 1. The van der Waals surface area contributed by atoms with Gasteiger partial charge in [-0.3, -0.25) is 4.79 Å². The molecule has 1 amide bonds. The molecule has 1 aromatic rings. The van der Waals surface area contributed by atoms with E-state index in [0.717, 1.165) is 0 Å². The normalized spacial score (nSPS) is 22.6. The smallest absolute Gasteiger partial charge is 0.254 e. The summed E-state index contributed by atoms with van der Waals surface area (Å²) in [4.78, 5) is 14.8. The number of carbonyl (C=O) groups excluding carboxylic acids is 1. The van der Waals surface area contributed by atoms with E-state index in [9.17, 15) is 13.7 Å². The molecule has 2 fully saturated rings. The summed E-state index contributed by atoms with van der Waals surface area (Å²) in [5, 5.41) is 0. The molecule has 2 saturated heterocycles. The molecule has 35 heavy (non-hydrogen) atoms. The molecule has 7 nitrogen and oxygen atoms in total. The van der Waals surface area contributed by atoms with Crippen molar-refractivity contribution in [2.45, 2.75) is 77.1 Å². The number of piperidine rings is 1. The predicted octanol–water partition coefficient (Wildman–Crippen LogP) is 4.18. The van der Waals surface area contributed by atoms with Crippen LogP contribution >= 0.6 is 0 Å². The summed E-state index contributed by atoms with van der Waals surface area (Å²) < 4.78 is 47.8. The van der Waals surface area contributed by atoms with Gasteiger partial charge in [0.1, 0.15) is 22.9 Å². The number of carbonyl (C=O) groups is 1. The van der Waals surface area contributed by atoms with Crippen molar-refractivity contribution < 1.29 is 27.9 Å². The first-order valence-corrected chi connectivity index (χ1v) is 13.3. The number of hydrogen-bond acceptors (Lipinski definition) is 6. The number of nitrogens with one attached hydrogen (secondary N) is 1. The lowest BCUT2D eigenvalue weighted by molar-refractivity contribution is -0.161. The molecule has 0 bridgehead atoms. The lowest BCUT2D eigenvalue weighted by Crippen LogP contribution is -2.48. The van der Waals surface area contributed by atoms with Crippen LogP contribution in [0.2, 0.25) is 0 Å². The molecule has 0 spiro atoms. The second-order valence-corrected chi connectivity index (χ2v) is 12.7. The summed E-state index contributed by atoms with van der Waals surface area (Å²) in [5.41, 5.74) is 1.11. The van der Waals surface area contributed by atoms with E-state index in [1.165, 1.54) is 6.07 Å². The first-order valence-electron chi connectivity index (χ1n) is 12.1. The molecular weight excluding hydrogens is 471 g/mol. The monoisotopic (exact) mass is 510 g/mol. The Balaban J connectivity index is 1.82. The zero-order valence-electron chi connectivity index (χ0n) is 21.7. The summed E-state index contributed by atoms with van der Waals surface area (Å²) in [6.45, 7) is 16.2. The Morgan fingerprint density at radius 3 is 2.60 bits per heavy atom. The Kier molecular flexibility index (Phi) is 8.91. The zero-order valence-corrected chi connectivity index (χ0v) is 22.5. The number of amides is 1. The Morgan fingerprint density at radius 2 is 2.06 bits per heavy atom. The minimum absolute atomic E-state index is 0.0238. The van der Waals surface area contributed by atoms with E-state index in [1.54, 1.807) is 37.8 Å². The molecule has 1 aromatic carbocycles. The average molecular weight is 511 g/mol. The van der Waals surface area contributed by atoms with Crippen molar-refractivity contribution >= 4 is 17.3 Å². The molecule has 196 valence electrons. The van der Waals surface area contributed by atoms with Gasteiger partial charge in [-0.1, -0.05) is 12.7 Å². The van der Waals surface area contributed by atoms with Crippen molar-refractivity contribution in [1.29, 1.82) is 0 Å². The third-order valence-electron chi connectivity index (χ3n) is 6.38. The second-order valence-electron chi connectivity index (χ2n) is 10.7. The topological polar surface area (TPSA) is 83.1 Å². The highest BCUT2D eigenvalue weighted by atomic mass is 32.2. The number of benzene rings is 1. The highest BCUT2D eigenvalue weighted by molar-refractivity contribution is 7.90. The minimum atomic E-state index is -1.39. The molecule has 0 radical (unpaired) electrons. The van der Waals surface area contributed by atoms with Crippen molar-refractivity contribution in [3.05, 3.63) is 41.7 Å². The fourth-order valence-corrected chi connectivity index (χ4v) is 5.26. The Bertz CT molecular complexity index is 912. The van der Waals surface area contributed by atoms with E-state index in [-0.39, 0.29) is 30.9 Å². The van der Waals surface area contributed by atoms with Crippen molar-refractivity contribution in [3.63, 3.8) is 0 Å². The van der Waals surface area contributed by atoms with E-state index in [2.05, 4.69) is 11.3 Å². The Morgan fingerprint density at radius 1 is 1.40 bits per heavy atom. The van der Waals surface area contributed by atoms with E-state index >= 15 is 0 Å². The molecule has 0 unspecified atom stereocenters. The number of hydrogen-bond donors (Lipinski definition) is 1. The van der Waals surface area contributed by atoms with Crippen LogP contribution in [0.15, 0.2) is 24.8 Å². The van der Waals surface area contributed by atoms with Crippen molar-refractivity contribution in [2.75, 3.05) is 26.3 Å². The average Bonchev–Trinajstić information content (AvgIpc) is 3.16. The Hall–Kier alpha value is -1.65. The van der Waals surface area contributed by atoms with Gasteiger partial charge in [0.15, 0.2) is 11.9 Å². The first-order chi connectivity index (χ1) is 16.3. The van der Waals surface area contributed by atoms with Crippen molar-refractivity contribution in [3.8, 4) is 5.75 Å². The van der Waals surface area contributed by atoms with Gasteiger partial charge in [0.05, 0.1) is 12.6 Å². The molecule has 0 aliphatic carbocycles. The summed E-state index contributed by atoms with van der Waals surface area (Å²) >= 11 is -1.39. The lowest BCUT2D eigenvalue weighted by atomic mass is 9.85. The largest absolute Gasteiger partial charge is 0.598 e. The SMILES string of the molecule is C=CCOc1cc(C)c(F)cc1[C@H](N[S@@+]([O-])C(C)(C)C)C1CCN(C(=O)[C@H]2COC(C)(C)O2)CC1. The van der Waals surface area contributed by atoms with Crippen molar-refractivity contribution in [1.82, 2.24) is 9.62 Å². The van der Waals surface area contributed by atoms with Gasteiger partial charge >= 0.3 is 0 Å². The number of aryl methyl sites for hydroxylation is 1. The number of ether oxygens (including phenoxy) is 3. The molecule has 2 aliphatic heterocycles. The van der Waals surface area contributed by atoms with Gasteiger partial charge in [-0.15, -0.1) is 4.72 Å². The van der Waals surface area contributed by atoms with Gasteiger partial charge in [-0.25, -0.2) is 4.39 Å². The molecular formula is C26H39FN2O5S. The van der Waals surface area contributed by atoms with Crippen LogP contribution in [-0.2, 0) is 25.6 Å². The van der Waals surface area contributed by atoms with Gasteiger partial charge in [0, 0.05) is 30.0 Å². The van der Waals surface area contributed by atoms with E-state index in [4.69, 9.17) is 14.2 Å². The summed E-state index contributed by atoms with van der Waals surface area (Å²) in [6, 6.07) is 2.75. The lowest BCUT2D eigenvalue weighted by Gasteiger charge is -2.38. The van der Waals surface area contributed by atoms with Gasteiger partial charge < -0.3 is 23.7 Å². The van der Waals surface area contributed by atoms with Gasteiger partial charge in [-0.05, 0) is 78.0 Å². The number of nitrogens with zero attached hydrogens (tertiary/aromatic N) is 1. The quantitative estimate of drug-likeness (QED) is 0.417. The molecule has 0 aromatic heterocycles. The van der Waals surface area contributed by atoms with Crippen molar-refractivity contribution in [2.24, 2.45) is 5.92 Å². The van der Waals surface area contributed by atoms with Crippen LogP contribution in [-0.4, -0.2) is 58.3 Å². The van der Waals surface area contributed by atoms with E-state index in [0.29, 0.717) is 42.8 Å². The summed E-state index contributed by atoms with van der Waals surface area (Å²) in [7, 11) is 0. The van der Waals surface area contributed by atoms with Crippen LogP contribution in [0.1, 0.15) is 64.6 Å². The van der Waals surface area contributed by atoms with Crippen LogP contribution in [0.25, 0.3) is 0 Å². The first kappa shape index (κ1) is 27.9. The molecule has 9 heteroatoms. The summed E-state index contributed by atoms with van der Waals surface area (Å²) in [6.07, 6.45) is 2.36. The minimum Gasteiger partial charge on any atom is -0.598 e. The third-order valence-corrected chi connectivity index (χ3v) is 7.96. The van der Waals surface area contributed by atoms with Crippen LogP contribution in [0, 0.1) is 18.7 Å². The molecule has 3 atom stereocenters. The van der Waals surface area contributed by atoms with Crippen LogP contribution in [0.5, 0.6) is 5.75 Å². The van der Waals surface area contributed by atoms with Gasteiger partial charge in [-0.2, -0.15) is 0 Å². The number of rotatable bonds is 8. The zero-order chi connectivity index (χ0) is 26.0. The molecule has 2 aliphatic rings. The fourth-order valence-electron chi connectivity index (χ4n) is 4.36. The van der Waals surface area contributed by atoms with Crippen LogP contribution in [0.3, 0.4) is 0 Å². The van der Waals surface area contributed by atoms with E-state index < -0.39 is 34.0 Å². The highest BCUT2D eigenvalue weighted by Gasteiger charge is 2.41.